The quantitative estimate of drug-likeness (QED) is 0.779. The first-order valence-corrected chi connectivity index (χ1v) is 5.37. The number of hydrogen-bond donors (Lipinski definition) is 2. The molecule has 5 nitrogen and oxygen atoms in total. The zero-order valence-corrected chi connectivity index (χ0v) is 10.4. The molecule has 0 bridgehead atoms. The molecule has 0 spiro atoms. The van der Waals surface area contributed by atoms with Crippen LogP contribution in [0.3, 0.4) is 0 Å². The summed E-state index contributed by atoms with van der Waals surface area (Å²) < 4.78 is 1.79. The van der Waals surface area contributed by atoms with Gasteiger partial charge in [0.15, 0.2) is 0 Å². The number of hydrogen-bond acceptors (Lipinski definition) is 3. The number of nitrogens with zero attached hydrogens (tertiary/aromatic N) is 2. The molecule has 1 aromatic heterocycles. The molecule has 0 aromatic carbocycles. The van der Waals surface area contributed by atoms with Crippen molar-refractivity contribution in [3.63, 3.8) is 0 Å². The zero-order valence-electron chi connectivity index (χ0n) is 10.4. The summed E-state index contributed by atoms with van der Waals surface area (Å²) in [5, 5.41) is 10.0. The van der Waals surface area contributed by atoms with Gasteiger partial charge in [0.2, 0.25) is 5.91 Å². The SMILES string of the molecule is Cn1nccc1CNCC(=O)NC(C)(C)C. The summed E-state index contributed by atoms with van der Waals surface area (Å²) in [5.41, 5.74) is 0.884. The average molecular weight is 224 g/mol. The molecule has 0 aliphatic heterocycles. The van der Waals surface area contributed by atoms with E-state index in [-0.39, 0.29) is 11.4 Å². The normalized spacial score (nSPS) is 11.5. The first kappa shape index (κ1) is 12.7. The van der Waals surface area contributed by atoms with Crippen molar-refractivity contribution in [1.82, 2.24) is 20.4 Å². The van der Waals surface area contributed by atoms with E-state index in [1.165, 1.54) is 0 Å². The van der Waals surface area contributed by atoms with Crippen LogP contribution >= 0.6 is 0 Å². The van der Waals surface area contributed by atoms with Gasteiger partial charge in [-0.2, -0.15) is 5.10 Å². The number of amides is 1. The number of aryl methyl sites for hydroxylation is 1. The fourth-order valence-corrected chi connectivity index (χ4v) is 1.34. The van der Waals surface area contributed by atoms with Crippen LogP contribution in [0, 0.1) is 0 Å². The van der Waals surface area contributed by atoms with Crippen molar-refractivity contribution >= 4 is 5.91 Å². The maximum Gasteiger partial charge on any atom is 0.234 e. The Kier molecular flexibility index (Phi) is 4.06. The number of carbonyl (C=O) groups excluding carboxylic acids is 1. The van der Waals surface area contributed by atoms with Crippen LogP contribution < -0.4 is 10.6 Å². The van der Waals surface area contributed by atoms with E-state index in [0.29, 0.717) is 13.1 Å². The van der Waals surface area contributed by atoms with Crippen LogP contribution in [0.25, 0.3) is 0 Å². The van der Waals surface area contributed by atoms with Crippen LogP contribution in [-0.4, -0.2) is 27.8 Å². The Morgan fingerprint density at radius 2 is 2.19 bits per heavy atom. The summed E-state index contributed by atoms with van der Waals surface area (Å²) in [7, 11) is 1.88. The summed E-state index contributed by atoms with van der Waals surface area (Å²) in [5.74, 6) is 0.00895. The Morgan fingerprint density at radius 1 is 1.50 bits per heavy atom. The molecule has 1 amide bonds. The molecule has 0 fully saturated rings. The molecule has 0 saturated carbocycles. The lowest BCUT2D eigenvalue weighted by atomic mass is 10.1. The Labute approximate surface area is 96.2 Å². The monoisotopic (exact) mass is 224 g/mol. The molecule has 0 unspecified atom stereocenters. The van der Waals surface area contributed by atoms with Crippen molar-refractivity contribution in [2.24, 2.45) is 7.05 Å². The van der Waals surface area contributed by atoms with Gasteiger partial charge >= 0.3 is 0 Å². The van der Waals surface area contributed by atoms with E-state index in [1.54, 1.807) is 10.9 Å². The molecule has 16 heavy (non-hydrogen) atoms. The minimum absolute atomic E-state index is 0.00895. The minimum atomic E-state index is -0.175. The molecule has 0 atom stereocenters. The summed E-state index contributed by atoms with van der Waals surface area (Å²) in [6.07, 6.45) is 1.74. The van der Waals surface area contributed by atoms with Crippen molar-refractivity contribution in [3.8, 4) is 0 Å². The minimum Gasteiger partial charge on any atom is -0.350 e. The van der Waals surface area contributed by atoms with Crippen molar-refractivity contribution < 1.29 is 4.79 Å². The smallest absolute Gasteiger partial charge is 0.234 e. The van der Waals surface area contributed by atoms with Gasteiger partial charge in [-0.3, -0.25) is 9.48 Å². The van der Waals surface area contributed by atoms with E-state index in [2.05, 4.69) is 15.7 Å². The Morgan fingerprint density at radius 3 is 2.69 bits per heavy atom. The second kappa shape index (κ2) is 5.12. The van der Waals surface area contributed by atoms with Gasteiger partial charge in [0.05, 0.1) is 12.2 Å². The van der Waals surface area contributed by atoms with Crippen LogP contribution in [0.2, 0.25) is 0 Å². The van der Waals surface area contributed by atoms with E-state index in [1.807, 2.05) is 33.9 Å². The van der Waals surface area contributed by atoms with Crippen LogP contribution in [0.4, 0.5) is 0 Å². The van der Waals surface area contributed by atoms with E-state index < -0.39 is 0 Å². The largest absolute Gasteiger partial charge is 0.350 e. The van der Waals surface area contributed by atoms with Crippen molar-refractivity contribution in [3.05, 3.63) is 18.0 Å². The fourth-order valence-electron chi connectivity index (χ4n) is 1.34. The fraction of sp³-hybridized carbons (Fsp3) is 0.636. The van der Waals surface area contributed by atoms with Gasteiger partial charge in [-0.25, -0.2) is 0 Å². The first-order valence-electron chi connectivity index (χ1n) is 5.37. The summed E-state index contributed by atoms with van der Waals surface area (Å²) in [4.78, 5) is 11.5. The third-order valence-electron chi connectivity index (χ3n) is 2.03. The van der Waals surface area contributed by atoms with E-state index in [9.17, 15) is 4.79 Å². The lowest BCUT2D eigenvalue weighted by Gasteiger charge is -2.20. The third kappa shape index (κ3) is 4.44. The van der Waals surface area contributed by atoms with Crippen LogP contribution in [0.1, 0.15) is 26.5 Å². The molecule has 0 aliphatic carbocycles. The molecular formula is C11H20N4O. The molecule has 0 aliphatic rings. The van der Waals surface area contributed by atoms with Crippen LogP contribution in [0.5, 0.6) is 0 Å². The lowest BCUT2D eigenvalue weighted by molar-refractivity contribution is -0.121. The second-order valence-corrected chi connectivity index (χ2v) is 4.85. The highest BCUT2D eigenvalue weighted by Crippen LogP contribution is 1.98. The van der Waals surface area contributed by atoms with Gasteiger partial charge < -0.3 is 10.6 Å². The predicted octanol–water partition coefficient (Wildman–Crippen LogP) is 0.424. The summed E-state index contributed by atoms with van der Waals surface area (Å²) >= 11 is 0. The van der Waals surface area contributed by atoms with Crippen LogP contribution in [0.15, 0.2) is 12.3 Å². The summed E-state index contributed by atoms with van der Waals surface area (Å²) in [6.45, 7) is 6.86. The molecule has 5 heteroatoms. The molecular weight excluding hydrogens is 204 g/mol. The van der Waals surface area contributed by atoms with E-state index >= 15 is 0 Å². The van der Waals surface area contributed by atoms with Crippen molar-refractivity contribution in [2.45, 2.75) is 32.9 Å². The standard InChI is InChI=1S/C11H20N4O/c1-11(2,3)14-10(16)8-12-7-9-5-6-13-15(9)4/h5-6,12H,7-8H2,1-4H3,(H,14,16). The van der Waals surface area contributed by atoms with Gasteiger partial charge in [-0.15, -0.1) is 0 Å². The molecule has 1 rings (SSSR count). The molecule has 1 aromatic rings. The van der Waals surface area contributed by atoms with Gasteiger partial charge in [-0.1, -0.05) is 0 Å². The van der Waals surface area contributed by atoms with Gasteiger partial charge in [0, 0.05) is 25.3 Å². The maximum absolute atomic E-state index is 11.5. The molecule has 90 valence electrons. The van der Waals surface area contributed by atoms with E-state index in [0.717, 1.165) is 5.69 Å². The maximum atomic E-state index is 11.5. The summed E-state index contributed by atoms with van der Waals surface area (Å²) in [6, 6.07) is 1.93. The second-order valence-electron chi connectivity index (χ2n) is 4.85. The average Bonchev–Trinajstić information content (AvgIpc) is 2.48. The van der Waals surface area contributed by atoms with Gasteiger partial charge in [0.25, 0.3) is 0 Å². The van der Waals surface area contributed by atoms with Gasteiger partial charge in [0.1, 0.15) is 0 Å². The number of rotatable bonds is 4. The first-order chi connectivity index (χ1) is 7.38. The molecule has 1 heterocycles. The number of nitrogens with one attached hydrogen (secondary N) is 2. The van der Waals surface area contributed by atoms with Crippen molar-refractivity contribution in [1.29, 1.82) is 0 Å². The highest BCUT2D eigenvalue weighted by atomic mass is 16.2. The third-order valence-corrected chi connectivity index (χ3v) is 2.03. The highest BCUT2D eigenvalue weighted by molar-refractivity contribution is 5.78. The highest BCUT2D eigenvalue weighted by Gasteiger charge is 2.12. The molecule has 0 radical (unpaired) electrons. The predicted molar refractivity (Wildman–Crippen MR) is 62.8 cm³/mol. The molecule has 0 saturated heterocycles. The topological polar surface area (TPSA) is 59.0 Å². The number of aromatic nitrogens is 2. The zero-order chi connectivity index (χ0) is 12.2. The van der Waals surface area contributed by atoms with Crippen LogP contribution in [-0.2, 0) is 18.4 Å². The van der Waals surface area contributed by atoms with Gasteiger partial charge in [-0.05, 0) is 26.8 Å². The Hall–Kier alpha value is -1.36. The number of carbonyl (C=O) groups is 1. The van der Waals surface area contributed by atoms with Crippen molar-refractivity contribution in [2.75, 3.05) is 6.54 Å². The van der Waals surface area contributed by atoms with E-state index in [4.69, 9.17) is 0 Å². The Bertz CT molecular complexity index is 351. The lowest BCUT2D eigenvalue weighted by Crippen LogP contribution is -2.44. The molecule has 2 N–H and O–H groups in total. The Balaban J connectivity index is 2.26.